The maximum atomic E-state index is 12.2. The van der Waals surface area contributed by atoms with Gasteiger partial charge in [0.25, 0.3) is 5.91 Å². The van der Waals surface area contributed by atoms with Gasteiger partial charge in [-0.1, -0.05) is 44.5 Å². The molecule has 5 heteroatoms. The van der Waals surface area contributed by atoms with E-state index in [0.717, 1.165) is 5.56 Å². The molecule has 0 saturated heterocycles. The van der Waals surface area contributed by atoms with Gasteiger partial charge in [0.1, 0.15) is 10.9 Å². The Bertz CT molecular complexity index is 678. The Kier molecular flexibility index (Phi) is 5.26. The van der Waals surface area contributed by atoms with Crippen LogP contribution in [0.15, 0.2) is 42.6 Å². The van der Waals surface area contributed by atoms with E-state index in [1.807, 2.05) is 18.2 Å². The summed E-state index contributed by atoms with van der Waals surface area (Å²) >= 11 is 5.72. The molecule has 0 saturated carbocycles. The lowest BCUT2D eigenvalue weighted by molar-refractivity contribution is -0.122. The molecule has 23 heavy (non-hydrogen) atoms. The van der Waals surface area contributed by atoms with Gasteiger partial charge in [0.2, 0.25) is 0 Å². The number of halogens is 1. The lowest BCUT2D eigenvalue weighted by Crippen LogP contribution is -2.30. The maximum Gasteiger partial charge on any atom is 0.265 e. The predicted molar refractivity (Wildman–Crippen MR) is 93.1 cm³/mol. The Balaban J connectivity index is 2.02. The van der Waals surface area contributed by atoms with Crippen molar-refractivity contribution >= 4 is 23.2 Å². The first-order chi connectivity index (χ1) is 10.8. The van der Waals surface area contributed by atoms with Crippen LogP contribution in [-0.2, 0) is 10.2 Å². The van der Waals surface area contributed by atoms with Crippen LogP contribution in [0.5, 0.6) is 5.75 Å². The molecule has 0 aliphatic heterocycles. The molecule has 2 rings (SSSR count). The Morgan fingerprint density at radius 3 is 2.61 bits per heavy atom. The Labute approximate surface area is 141 Å². The molecule has 0 spiro atoms. The predicted octanol–water partition coefficient (Wildman–Crippen LogP) is 4.44. The van der Waals surface area contributed by atoms with Crippen molar-refractivity contribution in [3.63, 3.8) is 0 Å². The molecule has 4 nitrogen and oxygen atoms in total. The van der Waals surface area contributed by atoms with Gasteiger partial charge in [-0.2, -0.15) is 0 Å². The highest BCUT2D eigenvalue weighted by atomic mass is 35.5. The number of rotatable bonds is 4. The third-order valence-electron chi connectivity index (χ3n) is 3.38. The molecule has 0 aliphatic carbocycles. The number of anilines is 1. The van der Waals surface area contributed by atoms with E-state index in [1.54, 1.807) is 19.1 Å². The SMILES string of the molecule is CC(Oc1cccc(C(C)(C)C)c1)C(=O)Nc1ccc(Cl)nc1. The van der Waals surface area contributed by atoms with E-state index < -0.39 is 6.10 Å². The lowest BCUT2D eigenvalue weighted by Gasteiger charge is -2.21. The van der Waals surface area contributed by atoms with Crippen molar-refractivity contribution in [2.45, 2.75) is 39.2 Å². The summed E-state index contributed by atoms with van der Waals surface area (Å²) in [5, 5.41) is 3.13. The summed E-state index contributed by atoms with van der Waals surface area (Å²) in [6.45, 7) is 8.11. The van der Waals surface area contributed by atoms with Crippen LogP contribution in [0.25, 0.3) is 0 Å². The maximum absolute atomic E-state index is 12.2. The number of nitrogens with zero attached hydrogens (tertiary/aromatic N) is 1. The van der Waals surface area contributed by atoms with Gasteiger partial charge in [-0.25, -0.2) is 4.98 Å². The van der Waals surface area contributed by atoms with E-state index in [9.17, 15) is 4.79 Å². The van der Waals surface area contributed by atoms with Crippen LogP contribution in [0.1, 0.15) is 33.3 Å². The second-order valence-corrected chi connectivity index (χ2v) is 6.78. The van der Waals surface area contributed by atoms with Crippen molar-refractivity contribution < 1.29 is 9.53 Å². The number of pyridine rings is 1. The number of hydrogen-bond donors (Lipinski definition) is 1. The van der Waals surface area contributed by atoms with Crippen molar-refractivity contribution in [2.24, 2.45) is 0 Å². The molecule has 1 N–H and O–H groups in total. The quantitative estimate of drug-likeness (QED) is 0.842. The van der Waals surface area contributed by atoms with Gasteiger partial charge in [-0.15, -0.1) is 0 Å². The zero-order valence-electron chi connectivity index (χ0n) is 13.8. The zero-order chi connectivity index (χ0) is 17.0. The van der Waals surface area contributed by atoms with Crippen molar-refractivity contribution in [1.82, 2.24) is 4.98 Å². The molecule has 1 amide bonds. The minimum Gasteiger partial charge on any atom is -0.481 e. The topological polar surface area (TPSA) is 51.2 Å². The third-order valence-corrected chi connectivity index (χ3v) is 3.60. The van der Waals surface area contributed by atoms with Crippen molar-refractivity contribution in [3.8, 4) is 5.75 Å². The number of ether oxygens (including phenoxy) is 1. The molecule has 1 unspecified atom stereocenters. The summed E-state index contributed by atoms with van der Waals surface area (Å²) in [6, 6.07) is 11.1. The summed E-state index contributed by atoms with van der Waals surface area (Å²) < 4.78 is 5.75. The monoisotopic (exact) mass is 332 g/mol. The molecule has 0 bridgehead atoms. The highest BCUT2D eigenvalue weighted by molar-refractivity contribution is 6.29. The van der Waals surface area contributed by atoms with Gasteiger partial charge in [0.05, 0.1) is 11.9 Å². The molecule has 122 valence electrons. The summed E-state index contributed by atoms with van der Waals surface area (Å²) in [6.07, 6.45) is 0.883. The van der Waals surface area contributed by atoms with Gasteiger partial charge in [0.15, 0.2) is 6.10 Å². The minimum absolute atomic E-state index is 0.0276. The van der Waals surface area contributed by atoms with Crippen LogP contribution in [-0.4, -0.2) is 17.0 Å². The number of amides is 1. The van der Waals surface area contributed by atoms with E-state index >= 15 is 0 Å². The number of nitrogens with one attached hydrogen (secondary N) is 1. The van der Waals surface area contributed by atoms with Gasteiger partial charge in [-0.05, 0) is 42.2 Å². The Hall–Kier alpha value is -2.07. The van der Waals surface area contributed by atoms with Gasteiger partial charge >= 0.3 is 0 Å². The highest BCUT2D eigenvalue weighted by Crippen LogP contribution is 2.26. The van der Waals surface area contributed by atoms with Crippen LogP contribution in [0.2, 0.25) is 5.15 Å². The normalized spacial score (nSPS) is 12.6. The summed E-state index contributed by atoms with van der Waals surface area (Å²) in [4.78, 5) is 16.1. The molecule has 1 atom stereocenters. The fourth-order valence-corrected chi connectivity index (χ4v) is 2.10. The third kappa shape index (κ3) is 4.96. The average molecular weight is 333 g/mol. The van der Waals surface area contributed by atoms with Crippen molar-refractivity contribution in [1.29, 1.82) is 0 Å². The summed E-state index contributed by atoms with van der Waals surface area (Å²) in [7, 11) is 0. The largest absolute Gasteiger partial charge is 0.481 e. The molecule has 1 aromatic heterocycles. The second-order valence-electron chi connectivity index (χ2n) is 6.40. The van der Waals surface area contributed by atoms with E-state index in [0.29, 0.717) is 16.6 Å². The summed E-state index contributed by atoms with van der Waals surface area (Å²) in [5.74, 6) is 0.435. The minimum atomic E-state index is -0.624. The van der Waals surface area contributed by atoms with Crippen LogP contribution < -0.4 is 10.1 Å². The number of hydrogen-bond acceptors (Lipinski definition) is 3. The van der Waals surface area contributed by atoms with Crippen LogP contribution in [0, 0.1) is 0 Å². The van der Waals surface area contributed by atoms with Crippen molar-refractivity contribution in [2.75, 3.05) is 5.32 Å². The van der Waals surface area contributed by atoms with Crippen LogP contribution >= 0.6 is 11.6 Å². The zero-order valence-corrected chi connectivity index (χ0v) is 14.5. The van der Waals surface area contributed by atoms with E-state index in [4.69, 9.17) is 16.3 Å². The van der Waals surface area contributed by atoms with Crippen molar-refractivity contribution in [3.05, 3.63) is 53.3 Å². The Morgan fingerprint density at radius 2 is 2.00 bits per heavy atom. The molecule has 1 heterocycles. The molecular formula is C18H21ClN2O2. The lowest BCUT2D eigenvalue weighted by atomic mass is 9.87. The van der Waals surface area contributed by atoms with Crippen LogP contribution in [0.3, 0.4) is 0 Å². The number of carbonyl (C=O) groups excluding carboxylic acids is 1. The molecule has 0 fully saturated rings. The molecule has 0 aliphatic rings. The molecular weight excluding hydrogens is 312 g/mol. The number of benzene rings is 1. The highest BCUT2D eigenvalue weighted by Gasteiger charge is 2.17. The van der Waals surface area contributed by atoms with Gasteiger partial charge in [-0.3, -0.25) is 4.79 Å². The van der Waals surface area contributed by atoms with E-state index in [2.05, 4.69) is 37.1 Å². The van der Waals surface area contributed by atoms with Gasteiger partial charge < -0.3 is 10.1 Å². The number of aromatic nitrogens is 1. The molecule has 1 aromatic carbocycles. The molecule has 0 radical (unpaired) electrons. The Morgan fingerprint density at radius 1 is 1.26 bits per heavy atom. The smallest absolute Gasteiger partial charge is 0.265 e. The summed E-state index contributed by atoms with van der Waals surface area (Å²) in [5.41, 5.74) is 1.77. The average Bonchev–Trinajstić information content (AvgIpc) is 2.49. The van der Waals surface area contributed by atoms with E-state index in [-0.39, 0.29) is 11.3 Å². The van der Waals surface area contributed by atoms with Crippen LogP contribution in [0.4, 0.5) is 5.69 Å². The number of carbonyl (C=O) groups is 1. The fraction of sp³-hybridized carbons (Fsp3) is 0.333. The fourth-order valence-electron chi connectivity index (χ4n) is 1.99. The van der Waals surface area contributed by atoms with E-state index in [1.165, 1.54) is 6.20 Å². The molecule has 2 aromatic rings. The first kappa shape index (κ1) is 17.3. The first-order valence-corrected chi connectivity index (χ1v) is 7.83. The second kappa shape index (κ2) is 7.01. The first-order valence-electron chi connectivity index (χ1n) is 7.45. The standard InChI is InChI=1S/C18H21ClN2O2/c1-12(17(22)21-14-8-9-16(19)20-11-14)23-15-7-5-6-13(10-15)18(2,3)4/h5-12H,1-4H3,(H,21,22). The van der Waals surface area contributed by atoms with Gasteiger partial charge in [0, 0.05) is 0 Å².